The van der Waals surface area contributed by atoms with Crippen molar-refractivity contribution in [3.05, 3.63) is 0 Å². The van der Waals surface area contributed by atoms with Crippen LogP contribution in [-0.2, 0) is 14.3 Å². The van der Waals surface area contributed by atoms with E-state index in [1.165, 1.54) is 0 Å². The minimum Gasteiger partial charge on any atom is -0.361 e. The van der Waals surface area contributed by atoms with Crippen molar-refractivity contribution in [2.45, 2.75) is 19.6 Å². The number of rotatable bonds is 3. The molecule has 0 aromatic heterocycles. The van der Waals surface area contributed by atoms with Gasteiger partial charge in [0.15, 0.2) is 0 Å². The molecule has 1 fully saturated rings. The summed E-state index contributed by atoms with van der Waals surface area (Å²) in [4.78, 5) is 12.7. The minimum atomic E-state index is -0.120. The Morgan fingerprint density at radius 1 is 1.82 bits per heavy atom. The molecule has 0 aliphatic carbocycles. The van der Waals surface area contributed by atoms with Crippen LogP contribution in [0.4, 0.5) is 0 Å². The van der Waals surface area contributed by atoms with Crippen molar-refractivity contribution >= 4 is 5.91 Å². The number of carbonyl (C=O) groups is 1. The molecule has 4 heteroatoms. The predicted octanol–water partition coefficient (Wildman–Crippen LogP) is 0.185. The molecule has 1 unspecified atom stereocenters. The van der Waals surface area contributed by atoms with Crippen molar-refractivity contribution in [3.63, 3.8) is 0 Å². The fourth-order valence-corrected chi connectivity index (χ4v) is 1.14. The third-order valence-corrected chi connectivity index (χ3v) is 1.75. The van der Waals surface area contributed by atoms with E-state index in [0.717, 1.165) is 6.42 Å². The number of hydrogen-bond donors (Lipinski definition) is 0. The Labute approximate surface area is 66.1 Å². The predicted molar refractivity (Wildman–Crippen MR) is 38.8 cm³/mol. The number of ether oxygens (including phenoxy) is 2. The molecule has 0 radical (unpaired) electrons. The van der Waals surface area contributed by atoms with Crippen molar-refractivity contribution in [1.82, 2.24) is 4.90 Å². The third kappa shape index (κ3) is 1.70. The molecule has 0 aromatic rings. The van der Waals surface area contributed by atoms with Crippen molar-refractivity contribution in [2.75, 3.05) is 20.4 Å². The Balaban J connectivity index is 2.49. The molecule has 0 saturated carbocycles. The maximum atomic E-state index is 11.1. The van der Waals surface area contributed by atoms with Crippen LogP contribution in [0.25, 0.3) is 0 Å². The molecule has 64 valence electrons. The molecule has 1 saturated heterocycles. The average molecular weight is 159 g/mol. The second-order valence-electron chi connectivity index (χ2n) is 2.44. The normalized spacial score (nSPS) is 20.9. The maximum absolute atomic E-state index is 11.1. The molecule has 0 bridgehead atoms. The van der Waals surface area contributed by atoms with Crippen LogP contribution in [0.3, 0.4) is 0 Å². The Bertz CT molecular complexity index is 145. The summed E-state index contributed by atoms with van der Waals surface area (Å²) >= 11 is 0. The van der Waals surface area contributed by atoms with Gasteiger partial charge in [-0.15, -0.1) is 0 Å². The van der Waals surface area contributed by atoms with Crippen LogP contribution in [0, 0.1) is 0 Å². The van der Waals surface area contributed by atoms with E-state index in [1.54, 1.807) is 12.0 Å². The van der Waals surface area contributed by atoms with E-state index in [4.69, 9.17) is 9.47 Å². The number of carbonyl (C=O) groups excluding carboxylic acids is 1. The van der Waals surface area contributed by atoms with Gasteiger partial charge in [-0.25, -0.2) is 0 Å². The van der Waals surface area contributed by atoms with Gasteiger partial charge in [0.1, 0.15) is 19.6 Å². The van der Waals surface area contributed by atoms with E-state index < -0.39 is 0 Å². The summed E-state index contributed by atoms with van der Waals surface area (Å²) in [5, 5.41) is 0. The summed E-state index contributed by atoms with van der Waals surface area (Å²) in [6.07, 6.45) is 0.677. The summed E-state index contributed by atoms with van der Waals surface area (Å²) in [5.74, 6) is 0.0127. The highest BCUT2D eigenvalue weighted by Gasteiger charge is 2.26. The van der Waals surface area contributed by atoms with E-state index in [-0.39, 0.29) is 18.7 Å². The van der Waals surface area contributed by atoms with Gasteiger partial charge in [0, 0.05) is 7.11 Å². The summed E-state index contributed by atoms with van der Waals surface area (Å²) in [7, 11) is 1.60. The van der Waals surface area contributed by atoms with Crippen LogP contribution in [0.15, 0.2) is 0 Å². The lowest BCUT2D eigenvalue weighted by Gasteiger charge is -2.23. The Kier molecular flexibility index (Phi) is 2.84. The van der Waals surface area contributed by atoms with Crippen molar-refractivity contribution in [1.29, 1.82) is 0 Å². The minimum absolute atomic E-state index is 0.0127. The lowest BCUT2D eigenvalue weighted by molar-refractivity contribution is -0.138. The average Bonchev–Trinajstić information content (AvgIpc) is 2.40. The van der Waals surface area contributed by atoms with Crippen molar-refractivity contribution in [2.24, 2.45) is 0 Å². The largest absolute Gasteiger partial charge is 0.361 e. The van der Waals surface area contributed by atoms with E-state index in [0.29, 0.717) is 6.73 Å². The first-order chi connectivity index (χ1) is 5.29. The molecule has 1 aliphatic rings. The first-order valence-electron chi connectivity index (χ1n) is 3.69. The highest BCUT2D eigenvalue weighted by molar-refractivity contribution is 5.78. The van der Waals surface area contributed by atoms with Gasteiger partial charge in [0.05, 0.1) is 0 Å². The molecular weight excluding hydrogens is 146 g/mol. The Morgan fingerprint density at radius 3 is 2.91 bits per heavy atom. The van der Waals surface area contributed by atoms with Gasteiger partial charge in [-0.3, -0.25) is 9.69 Å². The topological polar surface area (TPSA) is 38.8 Å². The third-order valence-electron chi connectivity index (χ3n) is 1.75. The van der Waals surface area contributed by atoms with Gasteiger partial charge in [0.25, 0.3) is 5.91 Å². The van der Waals surface area contributed by atoms with Gasteiger partial charge < -0.3 is 9.47 Å². The molecule has 11 heavy (non-hydrogen) atoms. The molecule has 0 spiro atoms. The van der Waals surface area contributed by atoms with E-state index in [1.807, 2.05) is 6.92 Å². The summed E-state index contributed by atoms with van der Waals surface area (Å²) < 4.78 is 10.0. The standard InChI is InChI=1S/C7H13NO3/c1-3-7(10-2)8-5-11-4-6(8)9/h7H,3-5H2,1-2H3. The summed E-state index contributed by atoms with van der Waals surface area (Å²) in [6, 6.07) is 0. The first kappa shape index (κ1) is 8.49. The van der Waals surface area contributed by atoms with Gasteiger partial charge >= 0.3 is 0 Å². The number of methoxy groups -OCH3 is 1. The van der Waals surface area contributed by atoms with Crippen LogP contribution >= 0.6 is 0 Å². The lowest BCUT2D eigenvalue weighted by atomic mass is 10.4. The monoisotopic (exact) mass is 159 g/mol. The first-order valence-corrected chi connectivity index (χ1v) is 3.69. The van der Waals surface area contributed by atoms with Gasteiger partial charge in [-0.2, -0.15) is 0 Å². The Morgan fingerprint density at radius 2 is 2.55 bits per heavy atom. The zero-order chi connectivity index (χ0) is 8.27. The van der Waals surface area contributed by atoms with Crippen LogP contribution < -0.4 is 0 Å². The smallest absolute Gasteiger partial charge is 0.252 e. The summed E-state index contributed by atoms with van der Waals surface area (Å²) in [5.41, 5.74) is 0. The van der Waals surface area contributed by atoms with Crippen LogP contribution in [-0.4, -0.2) is 37.5 Å². The van der Waals surface area contributed by atoms with E-state index in [9.17, 15) is 4.79 Å². The zero-order valence-corrected chi connectivity index (χ0v) is 6.87. The zero-order valence-electron chi connectivity index (χ0n) is 6.87. The molecule has 4 nitrogen and oxygen atoms in total. The molecular formula is C7H13NO3. The lowest BCUT2D eigenvalue weighted by Crippen LogP contribution is -2.37. The molecule has 1 atom stereocenters. The fourth-order valence-electron chi connectivity index (χ4n) is 1.14. The van der Waals surface area contributed by atoms with Crippen LogP contribution in [0.5, 0.6) is 0 Å². The van der Waals surface area contributed by atoms with Gasteiger partial charge in [0.2, 0.25) is 0 Å². The van der Waals surface area contributed by atoms with E-state index in [2.05, 4.69) is 0 Å². The van der Waals surface area contributed by atoms with Gasteiger partial charge in [-0.1, -0.05) is 6.92 Å². The van der Waals surface area contributed by atoms with Crippen LogP contribution in [0.1, 0.15) is 13.3 Å². The van der Waals surface area contributed by atoms with Gasteiger partial charge in [-0.05, 0) is 6.42 Å². The second-order valence-corrected chi connectivity index (χ2v) is 2.44. The number of hydrogen-bond acceptors (Lipinski definition) is 3. The van der Waals surface area contributed by atoms with Crippen molar-refractivity contribution in [3.8, 4) is 0 Å². The van der Waals surface area contributed by atoms with E-state index >= 15 is 0 Å². The summed E-state index contributed by atoms with van der Waals surface area (Å²) in [6.45, 7) is 2.53. The highest BCUT2D eigenvalue weighted by Crippen LogP contribution is 2.10. The molecule has 1 rings (SSSR count). The fraction of sp³-hybridized carbons (Fsp3) is 0.857. The van der Waals surface area contributed by atoms with Crippen molar-refractivity contribution < 1.29 is 14.3 Å². The van der Waals surface area contributed by atoms with Crippen LogP contribution in [0.2, 0.25) is 0 Å². The second kappa shape index (κ2) is 3.69. The quantitative estimate of drug-likeness (QED) is 0.590. The highest BCUT2D eigenvalue weighted by atomic mass is 16.5. The number of nitrogens with zero attached hydrogens (tertiary/aromatic N) is 1. The molecule has 0 aromatic carbocycles. The maximum Gasteiger partial charge on any atom is 0.252 e. The molecule has 1 aliphatic heterocycles. The molecule has 0 N–H and O–H groups in total. The Hall–Kier alpha value is -0.610. The SMILES string of the molecule is CCC(OC)N1COCC1=O. The molecule has 1 amide bonds. The number of amides is 1. The molecule has 1 heterocycles.